The van der Waals surface area contributed by atoms with Crippen molar-refractivity contribution in [3.05, 3.63) is 97.1 Å². The number of hydrogen-bond acceptors (Lipinski definition) is 2. The van der Waals surface area contributed by atoms with E-state index in [4.69, 9.17) is 9.40 Å². The fourth-order valence-corrected chi connectivity index (χ4v) is 3.92. The van der Waals surface area contributed by atoms with Crippen LogP contribution in [0.2, 0.25) is 0 Å². The summed E-state index contributed by atoms with van der Waals surface area (Å²) in [4.78, 5) is 4.91. The van der Waals surface area contributed by atoms with Crippen LogP contribution in [0.3, 0.4) is 0 Å². The van der Waals surface area contributed by atoms with Gasteiger partial charge < -0.3 is 4.42 Å². The Morgan fingerprint density at radius 3 is 2.32 bits per heavy atom. The zero-order chi connectivity index (χ0) is 18.5. The molecule has 0 fully saturated rings. The summed E-state index contributed by atoms with van der Waals surface area (Å²) in [6.45, 7) is 0. The average molecular weight is 360 g/mol. The van der Waals surface area contributed by atoms with Gasteiger partial charge in [0.15, 0.2) is 0 Å². The maximum atomic E-state index is 6.12. The molecule has 0 aliphatic rings. The van der Waals surface area contributed by atoms with Crippen molar-refractivity contribution >= 4 is 33.0 Å². The quantitative estimate of drug-likeness (QED) is 0.349. The molecule has 2 aromatic heterocycles. The Bertz CT molecular complexity index is 1460. The molecule has 0 saturated carbocycles. The molecule has 0 unspecified atom stereocenters. The van der Waals surface area contributed by atoms with Crippen molar-refractivity contribution in [2.75, 3.05) is 0 Å². The number of imidazole rings is 1. The molecule has 3 nitrogen and oxygen atoms in total. The van der Waals surface area contributed by atoms with Gasteiger partial charge in [0.05, 0.1) is 16.7 Å². The SMILES string of the molecule is c1ccc(-c2nc3ccccc3n2-c2ccc3c(c2)oc2ccccc23)cc1. The van der Waals surface area contributed by atoms with Crippen LogP contribution in [0.5, 0.6) is 0 Å². The van der Waals surface area contributed by atoms with E-state index in [9.17, 15) is 0 Å². The van der Waals surface area contributed by atoms with Crippen LogP contribution in [0.1, 0.15) is 0 Å². The molecule has 28 heavy (non-hydrogen) atoms. The van der Waals surface area contributed by atoms with Crippen LogP contribution in [0.25, 0.3) is 50.0 Å². The lowest BCUT2D eigenvalue weighted by Gasteiger charge is -2.09. The smallest absolute Gasteiger partial charge is 0.145 e. The van der Waals surface area contributed by atoms with Gasteiger partial charge in [-0.05, 0) is 30.3 Å². The van der Waals surface area contributed by atoms with Crippen molar-refractivity contribution in [3.8, 4) is 17.1 Å². The van der Waals surface area contributed by atoms with Crippen LogP contribution in [0.4, 0.5) is 0 Å². The molecular weight excluding hydrogens is 344 g/mol. The van der Waals surface area contributed by atoms with Gasteiger partial charge in [0, 0.05) is 22.4 Å². The lowest BCUT2D eigenvalue weighted by Crippen LogP contribution is -1.97. The van der Waals surface area contributed by atoms with Crippen molar-refractivity contribution in [3.63, 3.8) is 0 Å². The molecule has 2 heterocycles. The van der Waals surface area contributed by atoms with Gasteiger partial charge in [-0.1, -0.05) is 60.7 Å². The van der Waals surface area contributed by atoms with Gasteiger partial charge in [-0.3, -0.25) is 4.57 Å². The van der Waals surface area contributed by atoms with Crippen LogP contribution in [-0.4, -0.2) is 9.55 Å². The molecule has 0 N–H and O–H groups in total. The Morgan fingerprint density at radius 1 is 0.643 bits per heavy atom. The number of para-hydroxylation sites is 3. The minimum Gasteiger partial charge on any atom is -0.456 e. The summed E-state index contributed by atoms with van der Waals surface area (Å²) in [7, 11) is 0. The third-order valence-corrected chi connectivity index (χ3v) is 5.21. The number of furan rings is 1. The Balaban J connectivity index is 1.66. The molecule has 3 heteroatoms. The number of rotatable bonds is 2. The lowest BCUT2D eigenvalue weighted by atomic mass is 10.1. The first-order valence-electron chi connectivity index (χ1n) is 9.33. The van der Waals surface area contributed by atoms with E-state index in [-0.39, 0.29) is 0 Å². The van der Waals surface area contributed by atoms with E-state index in [2.05, 4.69) is 59.2 Å². The first kappa shape index (κ1) is 15.2. The molecule has 0 atom stereocenters. The number of benzene rings is 4. The Kier molecular flexibility index (Phi) is 3.17. The maximum absolute atomic E-state index is 6.12. The predicted octanol–water partition coefficient (Wildman–Crippen LogP) is 6.59. The van der Waals surface area contributed by atoms with E-state index in [1.54, 1.807) is 0 Å². The maximum Gasteiger partial charge on any atom is 0.145 e. The number of nitrogens with zero attached hydrogens (tertiary/aromatic N) is 2. The van der Waals surface area contributed by atoms with Crippen molar-refractivity contribution < 1.29 is 4.42 Å². The molecule has 4 aromatic carbocycles. The second-order valence-electron chi connectivity index (χ2n) is 6.90. The highest BCUT2D eigenvalue weighted by atomic mass is 16.3. The Morgan fingerprint density at radius 2 is 1.39 bits per heavy atom. The van der Waals surface area contributed by atoms with Gasteiger partial charge in [-0.25, -0.2) is 4.98 Å². The van der Waals surface area contributed by atoms with Crippen LogP contribution in [0.15, 0.2) is 101 Å². The summed E-state index contributed by atoms with van der Waals surface area (Å²) in [5, 5.41) is 2.27. The minimum absolute atomic E-state index is 0.885. The summed E-state index contributed by atoms with van der Waals surface area (Å²) >= 11 is 0. The fourth-order valence-electron chi connectivity index (χ4n) is 3.92. The highest BCUT2D eigenvalue weighted by molar-refractivity contribution is 6.05. The predicted molar refractivity (Wildman–Crippen MR) is 114 cm³/mol. The third kappa shape index (κ3) is 2.20. The molecule has 6 aromatic rings. The molecule has 6 rings (SSSR count). The Hall–Kier alpha value is -3.85. The molecule has 0 radical (unpaired) electrons. The van der Waals surface area contributed by atoms with E-state index in [1.807, 2.05) is 42.5 Å². The van der Waals surface area contributed by atoms with Crippen molar-refractivity contribution in [1.29, 1.82) is 0 Å². The number of aromatic nitrogens is 2. The summed E-state index contributed by atoms with van der Waals surface area (Å²) in [5.41, 5.74) is 5.98. The monoisotopic (exact) mass is 360 g/mol. The van der Waals surface area contributed by atoms with Gasteiger partial charge in [0.2, 0.25) is 0 Å². The van der Waals surface area contributed by atoms with Gasteiger partial charge in [0.25, 0.3) is 0 Å². The molecule has 0 saturated heterocycles. The summed E-state index contributed by atoms with van der Waals surface area (Å²) in [6.07, 6.45) is 0. The normalized spacial score (nSPS) is 11.6. The van der Waals surface area contributed by atoms with E-state index in [0.717, 1.165) is 50.0 Å². The van der Waals surface area contributed by atoms with Crippen LogP contribution in [-0.2, 0) is 0 Å². The molecule has 0 bridgehead atoms. The van der Waals surface area contributed by atoms with Gasteiger partial charge >= 0.3 is 0 Å². The number of hydrogen-bond donors (Lipinski definition) is 0. The first-order valence-corrected chi connectivity index (χ1v) is 9.33. The summed E-state index contributed by atoms with van der Waals surface area (Å²) in [6, 6.07) is 33.1. The van der Waals surface area contributed by atoms with E-state index >= 15 is 0 Å². The van der Waals surface area contributed by atoms with E-state index in [0.29, 0.717) is 0 Å². The van der Waals surface area contributed by atoms with Crippen LogP contribution in [0, 0.1) is 0 Å². The zero-order valence-corrected chi connectivity index (χ0v) is 15.0. The second kappa shape index (κ2) is 5.83. The Labute approximate surface area is 161 Å². The zero-order valence-electron chi connectivity index (χ0n) is 15.0. The molecule has 0 amide bonds. The molecule has 0 aliphatic heterocycles. The number of fused-ring (bicyclic) bond motifs is 4. The lowest BCUT2D eigenvalue weighted by molar-refractivity contribution is 0.668. The van der Waals surface area contributed by atoms with Gasteiger partial charge in [-0.2, -0.15) is 0 Å². The third-order valence-electron chi connectivity index (χ3n) is 5.21. The molecule has 132 valence electrons. The van der Waals surface area contributed by atoms with Crippen molar-refractivity contribution in [2.24, 2.45) is 0 Å². The minimum atomic E-state index is 0.885. The molecule has 0 aliphatic carbocycles. The van der Waals surface area contributed by atoms with Crippen molar-refractivity contribution in [2.45, 2.75) is 0 Å². The average Bonchev–Trinajstić information content (AvgIpc) is 3.32. The topological polar surface area (TPSA) is 31.0 Å². The first-order chi connectivity index (χ1) is 13.9. The highest BCUT2D eigenvalue weighted by Gasteiger charge is 2.15. The largest absolute Gasteiger partial charge is 0.456 e. The molecule has 0 spiro atoms. The standard InChI is InChI=1S/C25H16N2O/c1-2-8-17(9-3-1)25-26-21-11-5-6-12-22(21)27(25)18-14-15-20-19-10-4-7-13-23(19)28-24(20)16-18/h1-16H. The fraction of sp³-hybridized carbons (Fsp3) is 0. The summed E-state index contributed by atoms with van der Waals surface area (Å²) in [5.74, 6) is 0.928. The van der Waals surface area contributed by atoms with E-state index in [1.165, 1.54) is 0 Å². The molecular formula is C25H16N2O. The van der Waals surface area contributed by atoms with Gasteiger partial charge in [0.1, 0.15) is 17.0 Å². The van der Waals surface area contributed by atoms with Crippen molar-refractivity contribution in [1.82, 2.24) is 9.55 Å². The van der Waals surface area contributed by atoms with Crippen LogP contribution < -0.4 is 0 Å². The van der Waals surface area contributed by atoms with Gasteiger partial charge in [-0.15, -0.1) is 0 Å². The second-order valence-corrected chi connectivity index (χ2v) is 6.90. The summed E-state index contributed by atoms with van der Waals surface area (Å²) < 4.78 is 8.32. The van der Waals surface area contributed by atoms with Crippen LogP contribution >= 0.6 is 0 Å². The van der Waals surface area contributed by atoms with E-state index < -0.39 is 0 Å². The highest BCUT2D eigenvalue weighted by Crippen LogP contribution is 2.33.